The third-order valence-corrected chi connectivity index (χ3v) is 4.11. The second kappa shape index (κ2) is 6.20. The molecule has 0 bridgehead atoms. The first-order valence-corrected chi connectivity index (χ1v) is 7.42. The van der Waals surface area contributed by atoms with Gasteiger partial charge in [0.2, 0.25) is 5.91 Å². The summed E-state index contributed by atoms with van der Waals surface area (Å²) in [6.07, 6.45) is -0.156. The number of phenols is 1. The molecule has 1 fully saturated rings. The molecule has 1 amide bonds. The van der Waals surface area contributed by atoms with E-state index in [9.17, 15) is 15.0 Å². The minimum atomic E-state index is -0.648. The number of carbonyl (C=O) groups is 1. The van der Waals surface area contributed by atoms with E-state index in [0.717, 1.165) is 11.1 Å². The predicted octanol–water partition coefficient (Wildman–Crippen LogP) is 1.95. The Morgan fingerprint density at radius 1 is 1.00 bits per heavy atom. The molecule has 2 atom stereocenters. The molecule has 0 unspecified atom stereocenters. The molecule has 0 spiro atoms. The zero-order valence-corrected chi connectivity index (χ0v) is 12.2. The van der Waals surface area contributed by atoms with Gasteiger partial charge in [0.15, 0.2) is 0 Å². The molecule has 1 saturated heterocycles. The molecule has 2 aromatic carbocycles. The van der Waals surface area contributed by atoms with Crippen LogP contribution < -0.4 is 0 Å². The summed E-state index contributed by atoms with van der Waals surface area (Å²) in [6, 6.07) is 16.6. The topological polar surface area (TPSA) is 60.8 Å². The summed E-state index contributed by atoms with van der Waals surface area (Å²) in [4.78, 5) is 14.2. The zero-order valence-electron chi connectivity index (χ0n) is 12.2. The van der Waals surface area contributed by atoms with Crippen molar-refractivity contribution in [3.63, 3.8) is 0 Å². The standard InChI is InChI=1S/C18H19NO3/c20-15-8-6-13(7-9-15)10-16-17(21)12-19(18(16)22)11-14-4-2-1-3-5-14/h1-9,16-17,20-21H,10-12H2/t16-,17+/m0/s1. The zero-order chi connectivity index (χ0) is 15.5. The van der Waals surface area contributed by atoms with E-state index in [1.165, 1.54) is 0 Å². The summed E-state index contributed by atoms with van der Waals surface area (Å²) in [6.45, 7) is 0.902. The van der Waals surface area contributed by atoms with Crippen LogP contribution >= 0.6 is 0 Å². The summed E-state index contributed by atoms with van der Waals surface area (Å²) in [7, 11) is 0. The SMILES string of the molecule is O=C1[C@@H](Cc2ccc(O)cc2)[C@H](O)CN1Cc1ccccc1. The quantitative estimate of drug-likeness (QED) is 0.907. The Bertz CT molecular complexity index is 639. The lowest BCUT2D eigenvalue weighted by Crippen LogP contribution is -2.27. The first-order chi connectivity index (χ1) is 10.6. The summed E-state index contributed by atoms with van der Waals surface area (Å²) in [5, 5.41) is 19.5. The molecule has 2 aromatic rings. The van der Waals surface area contributed by atoms with Crippen molar-refractivity contribution in [2.45, 2.75) is 19.1 Å². The number of aliphatic hydroxyl groups is 1. The van der Waals surface area contributed by atoms with Crippen LogP contribution in [0.5, 0.6) is 5.75 Å². The van der Waals surface area contributed by atoms with E-state index in [2.05, 4.69) is 0 Å². The van der Waals surface area contributed by atoms with Crippen LogP contribution in [0.15, 0.2) is 54.6 Å². The van der Waals surface area contributed by atoms with Crippen molar-refractivity contribution in [3.05, 3.63) is 65.7 Å². The molecule has 22 heavy (non-hydrogen) atoms. The highest BCUT2D eigenvalue weighted by Gasteiger charge is 2.38. The largest absolute Gasteiger partial charge is 0.508 e. The number of hydrogen-bond acceptors (Lipinski definition) is 3. The van der Waals surface area contributed by atoms with E-state index in [4.69, 9.17) is 0 Å². The summed E-state index contributed by atoms with van der Waals surface area (Å²) in [5.74, 6) is -0.217. The fourth-order valence-electron chi connectivity index (χ4n) is 2.90. The highest BCUT2D eigenvalue weighted by atomic mass is 16.3. The minimum absolute atomic E-state index is 0.00979. The van der Waals surface area contributed by atoms with Crippen LogP contribution in [-0.2, 0) is 17.8 Å². The number of amides is 1. The lowest BCUT2D eigenvalue weighted by molar-refractivity contribution is -0.131. The van der Waals surface area contributed by atoms with Crippen molar-refractivity contribution in [3.8, 4) is 5.75 Å². The van der Waals surface area contributed by atoms with Gasteiger partial charge in [0, 0.05) is 13.1 Å². The predicted molar refractivity (Wildman–Crippen MR) is 83.2 cm³/mol. The molecule has 3 rings (SSSR count). The van der Waals surface area contributed by atoms with E-state index in [1.807, 2.05) is 30.3 Å². The lowest BCUT2D eigenvalue weighted by Gasteiger charge is -2.16. The van der Waals surface area contributed by atoms with Gasteiger partial charge in [0.25, 0.3) is 0 Å². The molecule has 1 heterocycles. The lowest BCUT2D eigenvalue weighted by atomic mass is 9.96. The van der Waals surface area contributed by atoms with Gasteiger partial charge in [0.1, 0.15) is 5.75 Å². The fourth-order valence-corrected chi connectivity index (χ4v) is 2.90. The maximum absolute atomic E-state index is 12.5. The van der Waals surface area contributed by atoms with Gasteiger partial charge in [-0.2, -0.15) is 0 Å². The van der Waals surface area contributed by atoms with Gasteiger partial charge < -0.3 is 15.1 Å². The molecule has 2 N–H and O–H groups in total. The highest BCUT2D eigenvalue weighted by Crippen LogP contribution is 2.25. The van der Waals surface area contributed by atoms with Crippen molar-refractivity contribution >= 4 is 5.91 Å². The number of rotatable bonds is 4. The van der Waals surface area contributed by atoms with Crippen LogP contribution in [0, 0.1) is 5.92 Å². The third-order valence-electron chi connectivity index (χ3n) is 4.11. The Labute approximate surface area is 129 Å². The van der Waals surface area contributed by atoms with Gasteiger partial charge in [-0.1, -0.05) is 42.5 Å². The summed E-state index contributed by atoms with van der Waals surface area (Å²) < 4.78 is 0. The maximum Gasteiger partial charge on any atom is 0.229 e. The molecule has 114 valence electrons. The number of benzene rings is 2. The number of aliphatic hydroxyl groups excluding tert-OH is 1. The smallest absolute Gasteiger partial charge is 0.229 e. The Morgan fingerprint density at radius 3 is 2.36 bits per heavy atom. The Morgan fingerprint density at radius 2 is 1.68 bits per heavy atom. The van der Waals surface area contributed by atoms with Gasteiger partial charge in [-0.3, -0.25) is 4.79 Å². The van der Waals surface area contributed by atoms with Gasteiger partial charge >= 0.3 is 0 Å². The molecular weight excluding hydrogens is 278 g/mol. The highest BCUT2D eigenvalue weighted by molar-refractivity contribution is 5.82. The second-order valence-electron chi connectivity index (χ2n) is 5.75. The van der Waals surface area contributed by atoms with Crippen LogP contribution in [0.1, 0.15) is 11.1 Å². The first kappa shape index (κ1) is 14.6. The van der Waals surface area contributed by atoms with E-state index in [-0.39, 0.29) is 11.7 Å². The maximum atomic E-state index is 12.5. The molecule has 4 heteroatoms. The normalized spacial score (nSPS) is 21.3. The number of nitrogens with zero attached hydrogens (tertiary/aromatic N) is 1. The second-order valence-corrected chi connectivity index (χ2v) is 5.75. The van der Waals surface area contributed by atoms with Crippen molar-refractivity contribution in [2.75, 3.05) is 6.54 Å². The van der Waals surface area contributed by atoms with Crippen LogP contribution in [0.25, 0.3) is 0 Å². The van der Waals surface area contributed by atoms with E-state index >= 15 is 0 Å². The van der Waals surface area contributed by atoms with E-state index in [0.29, 0.717) is 19.5 Å². The number of likely N-dealkylation sites (tertiary alicyclic amines) is 1. The van der Waals surface area contributed by atoms with Crippen LogP contribution in [-0.4, -0.2) is 33.7 Å². The van der Waals surface area contributed by atoms with E-state index < -0.39 is 12.0 Å². The molecular formula is C18H19NO3. The van der Waals surface area contributed by atoms with Gasteiger partial charge in [-0.25, -0.2) is 0 Å². The van der Waals surface area contributed by atoms with Crippen molar-refractivity contribution in [1.82, 2.24) is 4.90 Å². The average Bonchev–Trinajstić information content (AvgIpc) is 2.78. The van der Waals surface area contributed by atoms with Gasteiger partial charge in [0.05, 0.1) is 12.0 Å². The molecule has 0 aliphatic carbocycles. The third kappa shape index (κ3) is 3.12. The molecule has 1 aliphatic rings. The Balaban J connectivity index is 1.68. The molecule has 0 saturated carbocycles. The first-order valence-electron chi connectivity index (χ1n) is 7.42. The Kier molecular flexibility index (Phi) is 4.11. The van der Waals surface area contributed by atoms with Gasteiger partial charge in [-0.05, 0) is 29.7 Å². The molecule has 0 aromatic heterocycles. The minimum Gasteiger partial charge on any atom is -0.508 e. The number of β-amino-alcohol motifs (C(OH)–C–C–N with tert-alkyl or cyclic N) is 1. The molecule has 4 nitrogen and oxygen atoms in total. The fraction of sp³-hybridized carbons (Fsp3) is 0.278. The number of carbonyl (C=O) groups excluding carboxylic acids is 1. The number of aromatic hydroxyl groups is 1. The van der Waals surface area contributed by atoms with Crippen molar-refractivity contribution in [2.24, 2.45) is 5.92 Å². The van der Waals surface area contributed by atoms with Crippen LogP contribution in [0.2, 0.25) is 0 Å². The summed E-state index contributed by atoms with van der Waals surface area (Å²) in [5.41, 5.74) is 2.00. The molecule has 1 aliphatic heterocycles. The average molecular weight is 297 g/mol. The van der Waals surface area contributed by atoms with Crippen LogP contribution in [0.4, 0.5) is 0 Å². The van der Waals surface area contributed by atoms with Crippen LogP contribution in [0.3, 0.4) is 0 Å². The van der Waals surface area contributed by atoms with E-state index in [1.54, 1.807) is 29.2 Å². The summed E-state index contributed by atoms with van der Waals surface area (Å²) >= 11 is 0. The van der Waals surface area contributed by atoms with Crippen molar-refractivity contribution in [1.29, 1.82) is 0 Å². The van der Waals surface area contributed by atoms with Gasteiger partial charge in [-0.15, -0.1) is 0 Å². The number of phenolic OH excluding ortho intramolecular Hbond substituents is 1. The Hall–Kier alpha value is -2.33. The monoisotopic (exact) mass is 297 g/mol. The molecule has 0 radical (unpaired) electrons. The number of hydrogen-bond donors (Lipinski definition) is 2. The van der Waals surface area contributed by atoms with Crippen molar-refractivity contribution < 1.29 is 15.0 Å².